The third-order valence-electron chi connectivity index (χ3n) is 3.55. The van der Waals surface area contributed by atoms with Gasteiger partial charge in [-0.3, -0.25) is 4.79 Å². The van der Waals surface area contributed by atoms with Crippen molar-refractivity contribution in [2.45, 2.75) is 11.9 Å². The summed E-state index contributed by atoms with van der Waals surface area (Å²) in [5.41, 5.74) is -1.22. The lowest BCUT2D eigenvalue weighted by atomic mass is 10.1. The number of hydrogen-bond donors (Lipinski definition) is 2. The summed E-state index contributed by atoms with van der Waals surface area (Å²) >= 11 is 0. The van der Waals surface area contributed by atoms with Crippen LogP contribution in [-0.4, -0.2) is 20.9 Å². The van der Waals surface area contributed by atoms with E-state index in [9.17, 15) is 30.8 Å². The zero-order valence-corrected chi connectivity index (χ0v) is 15.2. The minimum Gasteiger partial charge on any atom is -0.322 e. The van der Waals surface area contributed by atoms with Crippen LogP contribution in [0.15, 0.2) is 55.1 Å². The Hall–Kier alpha value is -2.72. The fourth-order valence-electron chi connectivity index (χ4n) is 2.23. The van der Waals surface area contributed by atoms with Gasteiger partial charge >= 0.3 is 6.18 Å². The van der Waals surface area contributed by atoms with E-state index in [1.54, 1.807) is 0 Å². The molecular formula is C18H16F4N2O3S. The van der Waals surface area contributed by atoms with Crippen molar-refractivity contribution in [1.82, 2.24) is 4.72 Å². The molecule has 1 amide bonds. The Kier molecular flexibility index (Phi) is 6.57. The molecule has 0 saturated carbocycles. The second-order valence-electron chi connectivity index (χ2n) is 5.74. The second-order valence-corrected chi connectivity index (χ2v) is 7.55. The molecule has 0 bridgehead atoms. The van der Waals surface area contributed by atoms with Gasteiger partial charge in [-0.25, -0.2) is 17.5 Å². The number of carbonyl (C=O) groups excluding carboxylic acids is 1. The van der Waals surface area contributed by atoms with Crippen LogP contribution in [0, 0.1) is 5.82 Å². The van der Waals surface area contributed by atoms with Crippen molar-refractivity contribution < 1.29 is 30.8 Å². The van der Waals surface area contributed by atoms with E-state index in [1.807, 2.05) is 0 Å². The van der Waals surface area contributed by atoms with E-state index in [1.165, 1.54) is 30.3 Å². The summed E-state index contributed by atoms with van der Waals surface area (Å²) in [5.74, 6) is -2.62. The third-order valence-corrected chi connectivity index (χ3v) is 4.87. The molecule has 0 aliphatic carbocycles. The van der Waals surface area contributed by atoms with Gasteiger partial charge in [-0.05, 0) is 35.9 Å². The van der Waals surface area contributed by atoms with Gasteiger partial charge in [0.1, 0.15) is 5.82 Å². The first-order valence-corrected chi connectivity index (χ1v) is 9.52. The molecule has 0 aliphatic rings. The molecule has 0 spiro atoms. The van der Waals surface area contributed by atoms with E-state index in [0.717, 1.165) is 6.07 Å². The van der Waals surface area contributed by atoms with Gasteiger partial charge in [-0.2, -0.15) is 13.2 Å². The van der Waals surface area contributed by atoms with Crippen LogP contribution in [-0.2, 0) is 22.0 Å². The maximum atomic E-state index is 13.3. The summed E-state index contributed by atoms with van der Waals surface area (Å²) in [5, 5.41) is 2.37. The number of benzene rings is 2. The van der Waals surface area contributed by atoms with Gasteiger partial charge in [0.25, 0.3) is 5.91 Å². The number of alkyl halides is 3. The molecule has 10 heteroatoms. The number of halogens is 4. The van der Waals surface area contributed by atoms with Crippen molar-refractivity contribution in [1.29, 1.82) is 0 Å². The zero-order valence-electron chi connectivity index (χ0n) is 14.4. The zero-order chi connectivity index (χ0) is 20.9. The van der Waals surface area contributed by atoms with E-state index >= 15 is 0 Å². The van der Waals surface area contributed by atoms with Crippen LogP contribution >= 0.6 is 0 Å². The second kappa shape index (κ2) is 8.53. The molecule has 0 radical (unpaired) electrons. The van der Waals surface area contributed by atoms with Crippen molar-refractivity contribution in [2.24, 2.45) is 0 Å². The Morgan fingerprint density at radius 1 is 1.11 bits per heavy atom. The maximum Gasteiger partial charge on any atom is 0.419 e. The number of anilines is 1. The van der Waals surface area contributed by atoms with Gasteiger partial charge in [-0.1, -0.05) is 18.2 Å². The van der Waals surface area contributed by atoms with Crippen molar-refractivity contribution in [3.63, 3.8) is 0 Å². The highest BCUT2D eigenvalue weighted by molar-refractivity contribution is 7.88. The van der Waals surface area contributed by atoms with Crippen LogP contribution in [0.4, 0.5) is 23.2 Å². The third kappa shape index (κ3) is 5.89. The Labute approximate surface area is 159 Å². The number of sulfonamides is 1. The Morgan fingerprint density at radius 2 is 1.75 bits per heavy atom. The summed E-state index contributed by atoms with van der Waals surface area (Å²) in [4.78, 5) is 12.1. The van der Waals surface area contributed by atoms with Crippen LogP contribution < -0.4 is 10.0 Å². The monoisotopic (exact) mass is 416 g/mol. The highest BCUT2D eigenvalue weighted by atomic mass is 32.2. The van der Waals surface area contributed by atoms with Gasteiger partial charge in [0, 0.05) is 17.8 Å². The lowest BCUT2D eigenvalue weighted by Crippen LogP contribution is -2.25. The molecule has 0 saturated heterocycles. The van der Waals surface area contributed by atoms with Crippen LogP contribution in [0.3, 0.4) is 0 Å². The number of nitrogens with one attached hydrogen (secondary N) is 2. The summed E-state index contributed by atoms with van der Waals surface area (Å²) in [6.45, 7) is 3.50. The molecule has 0 heterocycles. The van der Waals surface area contributed by atoms with Gasteiger partial charge in [0.05, 0.1) is 11.3 Å². The van der Waals surface area contributed by atoms with Crippen LogP contribution in [0.2, 0.25) is 0 Å². The Morgan fingerprint density at radius 3 is 2.32 bits per heavy atom. The highest BCUT2D eigenvalue weighted by Gasteiger charge is 2.34. The first-order valence-electron chi connectivity index (χ1n) is 7.87. The van der Waals surface area contributed by atoms with Gasteiger partial charge in [-0.15, -0.1) is 6.58 Å². The van der Waals surface area contributed by atoms with Crippen molar-refractivity contribution in [3.05, 3.63) is 77.6 Å². The van der Waals surface area contributed by atoms with E-state index in [4.69, 9.17) is 0 Å². The molecular weight excluding hydrogens is 400 g/mol. The summed E-state index contributed by atoms with van der Waals surface area (Å²) in [7, 11) is -3.55. The molecule has 150 valence electrons. The summed E-state index contributed by atoms with van der Waals surface area (Å²) < 4.78 is 77.4. The fourth-order valence-corrected chi connectivity index (χ4v) is 3.33. The summed E-state index contributed by atoms with van der Waals surface area (Å²) in [6.07, 6.45) is -3.52. The lowest BCUT2D eigenvalue weighted by Gasteiger charge is -2.11. The maximum absolute atomic E-state index is 13.3. The number of hydrogen-bond acceptors (Lipinski definition) is 3. The number of amides is 1. The predicted octanol–water partition coefficient (Wildman–Crippen LogP) is 3.70. The van der Waals surface area contributed by atoms with Crippen LogP contribution in [0.5, 0.6) is 0 Å². The van der Waals surface area contributed by atoms with Crippen molar-refractivity contribution in [3.8, 4) is 0 Å². The average molecular weight is 416 g/mol. The molecule has 2 N–H and O–H groups in total. The van der Waals surface area contributed by atoms with Crippen LogP contribution in [0.25, 0.3) is 0 Å². The van der Waals surface area contributed by atoms with Crippen LogP contribution in [0.1, 0.15) is 21.5 Å². The summed E-state index contributed by atoms with van der Waals surface area (Å²) in [6, 6.07) is 7.66. The minimum atomic E-state index is -4.92. The number of rotatable bonds is 7. The molecule has 0 unspecified atom stereocenters. The Balaban J connectivity index is 2.10. The normalized spacial score (nSPS) is 11.9. The van der Waals surface area contributed by atoms with Crippen molar-refractivity contribution >= 4 is 21.6 Å². The lowest BCUT2D eigenvalue weighted by molar-refractivity contribution is -0.140. The first kappa shape index (κ1) is 21.6. The molecule has 2 rings (SSSR count). The van der Waals surface area contributed by atoms with E-state index in [2.05, 4.69) is 16.6 Å². The molecule has 5 nitrogen and oxygen atoms in total. The molecule has 28 heavy (non-hydrogen) atoms. The first-order chi connectivity index (χ1) is 13.0. The van der Waals surface area contributed by atoms with Gasteiger partial charge in [0.2, 0.25) is 10.0 Å². The minimum absolute atomic E-state index is 0.0913. The van der Waals surface area contributed by atoms with E-state index in [-0.39, 0.29) is 23.5 Å². The molecule has 0 atom stereocenters. The van der Waals surface area contributed by atoms with Crippen molar-refractivity contribution in [2.75, 3.05) is 11.9 Å². The molecule has 0 fully saturated rings. The molecule has 2 aromatic carbocycles. The molecule has 0 aromatic heterocycles. The topological polar surface area (TPSA) is 75.3 Å². The van der Waals surface area contributed by atoms with E-state index < -0.39 is 33.5 Å². The SMILES string of the molecule is C=CCNS(=O)(=O)Cc1ccc(NC(=O)c2ccc(F)c(C(F)(F)F)c2)cc1. The largest absolute Gasteiger partial charge is 0.419 e. The van der Waals surface area contributed by atoms with Gasteiger partial charge < -0.3 is 5.32 Å². The fraction of sp³-hybridized carbons (Fsp3) is 0.167. The van der Waals surface area contributed by atoms with E-state index in [0.29, 0.717) is 17.7 Å². The smallest absolute Gasteiger partial charge is 0.322 e. The molecule has 0 aliphatic heterocycles. The van der Waals surface area contributed by atoms with Gasteiger partial charge in [0.15, 0.2) is 0 Å². The highest BCUT2D eigenvalue weighted by Crippen LogP contribution is 2.32. The average Bonchev–Trinajstić information content (AvgIpc) is 2.61. The molecule has 2 aromatic rings. The predicted molar refractivity (Wildman–Crippen MR) is 96.6 cm³/mol. The Bertz CT molecular complexity index is 971. The standard InChI is InChI=1S/C18H16F4N2O3S/c1-2-9-23-28(26,27)11-12-3-6-14(7-4-12)24-17(25)13-5-8-16(19)15(10-13)18(20,21)22/h2-8,10,23H,1,9,11H2,(H,24,25). The quantitative estimate of drug-likeness (QED) is 0.534. The number of carbonyl (C=O) groups is 1.